The smallest absolute Gasteiger partial charge is 0.295 e. The Morgan fingerprint density at radius 2 is 1.62 bits per heavy atom. The average Bonchev–Trinajstić information content (AvgIpc) is 3.09. The first-order valence-corrected chi connectivity index (χ1v) is 10.0. The lowest BCUT2D eigenvalue weighted by molar-refractivity contribution is -0.127. The molecule has 1 unspecified atom stereocenters. The number of rotatable bonds is 4. The van der Waals surface area contributed by atoms with Gasteiger partial charge in [-0.1, -0.05) is 51.5 Å². The third-order valence-corrected chi connectivity index (χ3v) is 5.76. The summed E-state index contributed by atoms with van der Waals surface area (Å²) in [6, 6.07) is 7.73. The van der Waals surface area contributed by atoms with Crippen LogP contribution in [0.15, 0.2) is 24.3 Å². The maximum atomic E-state index is 12.8. The predicted molar refractivity (Wildman–Crippen MR) is 104 cm³/mol. The van der Waals surface area contributed by atoms with Crippen LogP contribution in [0.25, 0.3) is 0 Å². The summed E-state index contributed by atoms with van der Waals surface area (Å²) >= 11 is 0. The summed E-state index contributed by atoms with van der Waals surface area (Å²) in [5, 5.41) is 0. The number of hydrogen-bond donors (Lipinski definition) is 0. The maximum Gasteiger partial charge on any atom is 0.295 e. The quantitative estimate of drug-likeness (QED) is 0.611. The first kappa shape index (κ1) is 19.1. The van der Waals surface area contributed by atoms with E-state index in [9.17, 15) is 9.59 Å². The van der Waals surface area contributed by atoms with Gasteiger partial charge in [-0.25, -0.2) is 0 Å². The molecule has 26 heavy (non-hydrogen) atoms. The Kier molecular flexibility index (Phi) is 5.81. The minimum atomic E-state index is -0.365. The third-order valence-electron chi connectivity index (χ3n) is 5.76. The summed E-state index contributed by atoms with van der Waals surface area (Å²) in [6.07, 6.45) is 5.82. The molecule has 0 radical (unpaired) electrons. The summed E-state index contributed by atoms with van der Waals surface area (Å²) in [4.78, 5) is 29.9. The Balaban J connectivity index is 1.66. The minimum Gasteiger partial charge on any atom is -0.332 e. The molecule has 0 bridgehead atoms. The fourth-order valence-electron chi connectivity index (χ4n) is 4.11. The Hall–Kier alpha value is -1.68. The monoisotopic (exact) mass is 356 g/mol. The van der Waals surface area contributed by atoms with Crippen LogP contribution >= 0.6 is 0 Å². The van der Waals surface area contributed by atoms with E-state index in [1.165, 1.54) is 24.8 Å². The van der Waals surface area contributed by atoms with Crippen LogP contribution in [0.2, 0.25) is 0 Å². The van der Waals surface area contributed by atoms with Crippen LogP contribution < -0.4 is 0 Å². The van der Waals surface area contributed by atoms with Crippen molar-refractivity contribution in [3.05, 3.63) is 35.4 Å². The summed E-state index contributed by atoms with van der Waals surface area (Å²) in [6.45, 7) is 10.3. The molecule has 0 saturated carbocycles. The predicted octanol–water partition coefficient (Wildman–Crippen LogP) is 3.64. The number of likely N-dealkylation sites (tertiary alicyclic amines) is 2. The number of nitrogens with zero attached hydrogens (tertiary/aromatic N) is 2. The van der Waals surface area contributed by atoms with E-state index in [2.05, 4.69) is 25.7 Å². The highest BCUT2D eigenvalue weighted by Crippen LogP contribution is 2.24. The Morgan fingerprint density at radius 3 is 2.23 bits per heavy atom. The average molecular weight is 357 g/mol. The SMILES string of the molecule is CC(C)(C)c1ccc(C(=O)C(=O)N2CCCC2CN2CCCCC2)cc1. The molecular formula is C22H32N2O2. The lowest BCUT2D eigenvalue weighted by Crippen LogP contribution is -2.46. The van der Waals surface area contributed by atoms with Gasteiger partial charge in [-0.15, -0.1) is 0 Å². The van der Waals surface area contributed by atoms with Crippen molar-refractivity contribution in [1.82, 2.24) is 9.80 Å². The molecule has 4 nitrogen and oxygen atoms in total. The molecule has 2 fully saturated rings. The van der Waals surface area contributed by atoms with Gasteiger partial charge in [0.2, 0.25) is 5.78 Å². The molecule has 2 heterocycles. The lowest BCUT2D eigenvalue weighted by Gasteiger charge is -2.32. The topological polar surface area (TPSA) is 40.6 Å². The standard InChI is InChI=1S/C22H32N2O2/c1-22(2,3)18-11-9-17(10-12-18)20(25)21(26)24-15-7-8-19(24)16-23-13-5-4-6-14-23/h9-12,19H,4-8,13-16H2,1-3H3. The normalized spacial score (nSPS) is 21.8. The van der Waals surface area contributed by atoms with Crippen molar-refractivity contribution in [1.29, 1.82) is 0 Å². The van der Waals surface area contributed by atoms with Crippen molar-refractivity contribution in [3.8, 4) is 0 Å². The van der Waals surface area contributed by atoms with Crippen molar-refractivity contribution >= 4 is 11.7 Å². The number of benzene rings is 1. The molecule has 0 aromatic heterocycles. The largest absolute Gasteiger partial charge is 0.332 e. The molecule has 2 saturated heterocycles. The zero-order valence-corrected chi connectivity index (χ0v) is 16.5. The second-order valence-corrected chi connectivity index (χ2v) is 8.81. The number of carbonyl (C=O) groups is 2. The Morgan fingerprint density at radius 1 is 0.962 bits per heavy atom. The van der Waals surface area contributed by atoms with Crippen molar-refractivity contribution < 1.29 is 9.59 Å². The molecule has 2 aliphatic rings. The molecule has 4 heteroatoms. The van der Waals surface area contributed by atoms with Gasteiger partial charge in [-0.05, 0) is 49.8 Å². The van der Waals surface area contributed by atoms with Crippen molar-refractivity contribution in [2.75, 3.05) is 26.2 Å². The number of ketones is 1. The van der Waals surface area contributed by atoms with Crippen LogP contribution in [0, 0.1) is 0 Å². The van der Waals surface area contributed by atoms with Gasteiger partial charge in [0.05, 0.1) is 0 Å². The van der Waals surface area contributed by atoms with E-state index >= 15 is 0 Å². The van der Waals surface area contributed by atoms with Gasteiger partial charge in [0, 0.05) is 24.7 Å². The molecule has 0 aliphatic carbocycles. The molecule has 0 spiro atoms. The number of carbonyl (C=O) groups excluding carboxylic acids is 2. The molecular weight excluding hydrogens is 324 g/mol. The number of Topliss-reactive ketones (excluding diaryl/α,β-unsaturated/α-hetero) is 1. The van der Waals surface area contributed by atoms with E-state index in [1.54, 1.807) is 12.1 Å². The molecule has 1 amide bonds. The first-order valence-electron chi connectivity index (χ1n) is 10.0. The third kappa shape index (κ3) is 4.35. The van der Waals surface area contributed by atoms with Crippen LogP contribution in [0.5, 0.6) is 0 Å². The highest BCUT2D eigenvalue weighted by Gasteiger charge is 2.34. The number of amides is 1. The van der Waals surface area contributed by atoms with E-state index in [-0.39, 0.29) is 23.1 Å². The van der Waals surface area contributed by atoms with Crippen LogP contribution in [-0.4, -0.2) is 53.7 Å². The second kappa shape index (κ2) is 7.91. The molecule has 1 aromatic rings. The van der Waals surface area contributed by atoms with Gasteiger partial charge < -0.3 is 9.80 Å². The van der Waals surface area contributed by atoms with Crippen LogP contribution in [-0.2, 0) is 10.2 Å². The summed E-state index contributed by atoms with van der Waals surface area (Å²) < 4.78 is 0. The summed E-state index contributed by atoms with van der Waals surface area (Å²) in [7, 11) is 0. The fraction of sp³-hybridized carbons (Fsp3) is 0.636. The Bertz CT molecular complexity index is 639. The van der Waals surface area contributed by atoms with Gasteiger partial charge in [0.1, 0.15) is 0 Å². The van der Waals surface area contributed by atoms with Crippen LogP contribution in [0.1, 0.15) is 68.8 Å². The summed E-state index contributed by atoms with van der Waals surface area (Å²) in [5.41, 5.74) is 1.72. The van der Waals surface area contributed by atoms with Crippen molar-refractivity contribution in [2.24, 2.45) is 0 Å². The summed E-state index contributed by atoms with van der Waals surface area (Å²) in [5.74, 6) is -0.691. The Labute approximate surface area is 157 Å². The van der Waals surface area contributed by atoms with Crippen LogP contribution in [0.4, 0.5) is 0 Å². The van der Waals surface area contributed by atoms with Gasteiger partial charge in [0.25, 0.3) is 5.91 Å². The molecule has 0 N–H and O–H groups in total. The van der Waals surface area contributed by atoms with Crippen molar-refractivity contribution in [2.45, 2.75) is 64.3 Å². The van der Waals surface area contributed by atoms with Gasteiger partial charge in [-0.2, -0.15) is 0 Å². The zero-order valence-electron chi connectivity index (χ0n) is 16.5. The minimum absolute atomic E-state index is 0.0417. The molecule has 3 rings (SSSR count). The van der Waals surface area contributed by atoms with E-state index in [0.29, 0.717) is 12.1 Å². The van der Waals surface area contributed by atoms with E-state index < -0.39 is 0 Å². The van der Waals surface area contributed by atoms with E-state index in [1.807, 2.05) is 17.0 Å². The van der Waals surface area contributed by atoms with Crippen LogP contribution in [0.3, 0.4) is 0 Å². The fourth-order valence-corrected chi connectivity index (χ4v) is 4.11. The highest BCUT2D eigenvalue weighted by molar-refractivity contribution is 6.42. The van der Waals surface area contributed by atoms with Crippen molar-refractivity contribution in [3.63, 3.8) is 0 Å². The molecule has 2 aliphatic heterocycles. The van der Waals surface area contributed by atoms with Gasteiger partial charge in [-0.3, -0.25) is 9.59 Å². The maximum absolute atomic E-state index is 12.8. The lowest BCUT2D eigenvalue weighted by atomic mass is 9.86. The van der Waals surface area contributed by atoms with E-state index in [0.717, 1.165) is 32.5 Å². The van der Waals surface area contributed by atoms with E-state index in [4.69, 9.17) is 0 Å². The number of hydrogen-bond acceptors (Lipinski definition) is 3. The molecule has 142 valence electrons. The molecule has 1 atom stereocenters. The van der Waals surface area contributed by atoms with Gasteiger partial charge >= 0.3 is 0 Å². The zero-order chi connectivity index (χ0) is 18.7. The highest BCUT2D eigenvalue weighted by atomic mass is 16.2. The second-order valence-electron chi connectivity index (χ2n) is 8.81. The number of piperidine rings is 1. The first-order chi connectivity index (χ1) is 12.4. The molecule has 1 aromatic carbocycles. The van der Waals surface area contributed by atoms with Gasteiger partial charge in [0.15, 0.2) is 0 Å².